The number of halogens is 2. The Hall–Kier alpha value is -1.36. The first-order valence-electron chi connectivity index (χ1n) is 7.17. The Morgan fingerprint density at radius 3 is 2.68 bits per heavy atom. The molecule has 1 aliphatic rings. The Kier molecular flexibility index (Phi) is 3.68. The van der Waals surface area contributed by atoms with Gasteiger partial charge in [-0.2, -0.15) is 0 Å². The van der Waals surface area contributed by atoms with Crippen LogP contribution in [0.5, 0.6) is 0 Å². The third-order valence-corrected chi connectivity index (χ3v) is 5.41. The quantitative estimate of drug-likeness (QED) is 0.631. The number of hydrogen-bond donors (Lipinski definition) is 0. The minimum Gasteiger partial charge on any atom is -0.357 e. The van der Waals surface area contributed by atoms with Crippen LogP contribution in [0.15, 0.2) is 29.8 Å². The van der Waals surface area contributed by atoms with Crippen LogP contribution in [0.2, 0.25) is 10.0 Å². The average molecular weight is 350 g/mol. The second kappa shape index (κ2) is 5.69. The first-order chi connectivity index (χ1) is 10.7. The summed E-state index contributed by atoms with van der Waals surface area (Å²) in [4.78, 5) is 7.09. The van der Waals surface area contributed by atoms with E-state index in [9.17, 15) is 0 Å². The summed E-state index contributed by atoms with van der Waals surface area (Å²) in [6.07, 6.45) is 4.30. The van der Waals surface area contributed by atoms with Crippen molar-refractivity contribution in [1.82, 2.24) is 9.36 Å². The Morgan fingerprint density at radius 1 is 1.14 bits per heavy atom. The molecule has 0 aliphatic carbocycles. The minimum atomic E-state index is 0.518. The highest BCUT2D eigenvalue weighted by atomic mass is 35.5. The van der Waals surface area contributed by atoms with Gasteiger partial charge in [0.15, 0.2) is 0 Å². The van der Waals surface area contributed by atoms with Crippen LogP contribution in [0.4, 0.5) is 5.82 Å². The molecule has 3 heterocycles. The van der Waals surface area contributed by atoms with Crippen LogP contribution in [0.1, 0.15) is 12.8 Å². The molecule has 0 bridgehead atoms. The molecule has 3 aromatic rings. The maximum absolute atomic E-state index is 6.41. The molecule has 22 heavy (non-hydrogen) atoms. The molecule has 0 saturated carbocycles. The maximum atomic E-state index is 6.41. The lowest BCUT2D eigenvalue weighted by Gasteiger charge is -2.19. The van der Waals surface area contributed by atoms with Crippen molar-refractivity contribution in [3.8, 4) is 11.1 Å². The SMILES string of the molecule is Clc1ccc2c(-c3cnsc3)cc(N3CCCC3)nc2c1Cl. The van der Waals surface area contributed by atoms with Gasteiger partial charge < -0.3 is 4.90 Å². The first kappa shape index (κ1) is 14.2. The van der Waals surface area contributed by atoms with E-state index in [4.69, 9.17) is 28.2 Å². The molecule has 1 saturated heterocycles. The third kappa shape index (κ3) is 2.35. The van der Waals surface area contributed by atoms with Gasteiger partial charge in [0, 0.05) is 35.6 Å². The molecule has 2 aromatic heterocycles. The van der Waals surface area contributed by atoms with Crippen LogP contribution in [0.3, 0.4) is 0 Å². The molecular weight excluding hydrogens is 337 g/mol. The lowest BCUT2D eigenvalue weighted by Crippen LogP contribution is -2.19. The molecule has 0 unspecified atom stereocenters. The third-order valence-electron chi connectivity index (χ3n) is 4.03. The van der Waals surface area contributed by atoms with Crippen molar-refractivity contribution in [3.05, 3.63) is 39.8 Å². The standard InChI is InChI=1S/C16H13Cl2N3S/c17-13-4-3-11-12(10-8-19-22-9-10)7-14(20-16(11)15(13)18)21-5-1-2-6-21/h3-4,7-9H,1-2,5-6H2. The molecule has 0 spiro atoms. The summed E-state index contributed by atoms with van der Waals surface area (Å²) in [5.74, 6) is 0.968. The largest absolute Gasteiger partial charge is 0.357 e. The van der Waals surface area contributed by atoms with Crippen molar-refractivity contribution in [2.45, 2.75) is 12.8 Å². The second-order valence-electron chi connectivity index (χ2n) is 5.39. The van der Waals surface area contributed by atoms with Gasteiger partial charge in [0.2, 0.25) is 0 Å². The highest BCUT2D eigenvalue weighted by Crippen LogP contribution is 2.38. The van der Waals surface area contributed by atoms with Crippen molar-refractivity contribution in [1.29, 1.82) is 0 Å². The zero-order valence-electron chi connectivity index (χ0n) is 11.7. The second-order valence-corrected chi connectivity index (χ2v) is 6.84. The zero-order chi connectivity index (χ0) is 15.1. The maximum Gasteiger partial charge on any atom is 0.129 e. The van der Waals surface area contributed by atoms with E-state index in [0.717, 1.165) is 40.9 Å². The number of rotatable bonds is 2. The van der Waals surface area contributed by atoms with Gasteiger partial charge in [0.1, 0.15) is 5.82 Å². The van der Waals surface area contributed by atoms with Crippen molar-refractivity contribution in [2.24, 2.45) is 0 Å². The summed E-state index contributed by atoms with van der Waals surface area (Å²) >= 11 is 14.0. The number of hydrogen-bond acceptors (Lipinski definition) is 4. The van der Waals surface area contributed by atoms with Crippen LogP contribution < -0.4 is 4.90 Å². The van der Waals surface area contributed by atoms with Gasteiger partial charge in [-0.3, -0.25) is 0 Å². The van der Waals surface area contributed by atoms with Crippen molar-refractivity contribution in [2.75, 3.05) is 18.0 Å². The van der Waals surface area contributed by atoms with Gasteiger partial charge in [0.05, 0.1) is 15.6 Å². The Bertz CT molecular complexity index is 827. The van der Waals surface area contributed by atoms with E-state index in [1.807, 2.05) is 23.7 Å². The monoisotopic (exact) mass is 349 g/mol. The van der Waals surface area contributed by atoms with Crippen LogP contribution in [-0.2, 0) is 0 Å². The van der Waals surface area contributed by atoms with Gasteiger partial charge >= 0.3 is 0 Å². The number of benzene rings is 1. The van der Waals surface area contributed by atoms with E-state index < -0.39 is 0 Å². The highest BCUT2D eigenvalue weighted by molar-refractivity contribution is 7.03. The molecule has 6 heteroatoms. The van der Waals surface area contributed by atoms with Crippen LogP contribution in [0, 0.1) is 0 Å². The fraction of sp³-hybridized carbons (Fsp3) is 0.250. The first-order valence-corrected chi connectivity index (χ1v) is 8.77. The summed E-state index contributed by atoms with van der Waals surface area (Å²) in [6.45, 7) is 2.08. The van der Waals surface area contributed by atoms with E-state index in [2.05, 4.69) is 15.3 Å². The molecule has 1 fully saturated rings. The van der Waals surface area contributed by atoms with Gasteiger partial charge in [-0.15, -0.1) is 0 Å². The van der Waals surface area contributed by atoms with E-state index in [1.165, 1.54) is 24.4 Å². The summed E-state index contributed by atoms with van der Waals surface area (Å²) < 4.78 is 4.22. The number of nitrogens with zero attached hydrogens (tertiary/aromatic N) is 3. The summed E-state index contributed by atoms with van der Waals surface area (Å²) in [6, 6.07) is 5.95. The minimum absolute atomic E-state index is 0.518. The van der Waals surface area contributed by atoms with Crippen molar-refractivity contribution < 1.29 is 0 Å². The van der Waals surface area contributed by atoms with E-state index in [-0.39, 0.29) is 0 Å². The van der Waals surface area contributed by atoms with E-state index in [0.29, 0.717) is 10.0 Å². The summed E-state index contributed by atoms with van der Waals surface area (Å²) in [5.41, 5.74) is 2.97. The topological polar surface area (TPSA) is 29.0 Å². The van der Waals surface area contributed by atoms with E-state index in [1.54, 1.807) is 0 Å². The molecular formula is C16H13Cl2N3S. The number of pyridine rings is 1. The Labute approximate surface area is 142 Å². The number of fused-ring (bicyclic) bond motifs is 1. The molecule has 0 amide bonds. The van der Waals surface area contributed by atoms with Gasteiger partial charge in [-0.25, -0.2) is 9.36 Å². The number of aromatic nitrogens is 2. The van der Waals surface area contributed by atoms with Crippen LogP contribution in [0.25, 0.3) is 22.0 Å². The molecule has 3 nitrogen and oxygen atoms in total. The Morgan fingerprint density at radius 2 is 1.95 bits per heavy atom. The molecule has 1 aromatic carbocycles. The zero-order valence-corrected chi connectivity index (χ0v) is 14.0. The average Bonchev–Trinajstić information content (AvgIpc) is 3.23. The number of anilines is 1. The highest BCUT2D eigenvalue weighted by Gasteiger charge is 2.18. The predicted molar refractivity (Wildman–Crippen MR) is 94.3 cm³/mol. The summed E-state index contributed by atoms with van der Waals surface area (Å²) in [7, 11) is 0. The molecule has 4 rings (SSSR count). The summed E-state index contributed by atoms with van der Waals surface area (Å²) in [5, 5.41) is 4.11. The fourth-order valence-corrected chi connectivity index (χ4v) is 3.80. The van der Waals surface area contributed by atoms with Gasteiger partial charge in [-0.1, -0.05) is 29.3 Å². The van der Waals surface area contributed by atoms with Crippen LogP contribution in [-0.4, -0.2) is 22.4 Å². The van der Waals surface area contributed by atoms with Crippen LogP contribution >= 0.6 is 34.7 Å². The molecule has 1 aliphatic heterocycles. The van der Waals surface area contributed by atoms with Gasteiger partial charge in [0.25, 0.3) is 0 Å². The molecule has 0 atom stereocenters. The van der Waals surface area contributed by atoms with Crippen molar-refractivity contribution in [3.63, 3.8) is 0 Å². The Balaban J connectivity index is 2.01. The fourth-order valence-electron chi connectivity index (χ4n) is 2.91. The molecule has 112 valence electrons. The van der Waals surface area contributed by atoms with Crippen molar-refractivity contribution >= 4 is 51.5 Å². The normalized spacial score (nSPS) is 14.9. The van der Waals surface area contributed by atoms with Gasteiger partial charge in [-0.05, 0) is 42.1 Å². The molecule has 0 radical (unpaired) electrons. The van der Waals surface area contributed by atoms with E-state index >= 15 is 0 Å². The predicted octanol–water partition coefficient (Wildman–Crippen LogP) is 5.27. The lowest BCUT2D eigenvalue weighted by atomic mass is 10.0. The lowest BCUT2D eigenvalue weighted by molar-refractivity contribution is 0.944. The molecule has 0 N–H and O–H groups in total. The smallest absolute Gasteiger partial charge is 0.129 e.